The van der Waals surface area contributed by atoms with E-state index in [1.54, 1.807) is 0 Å². The fourth-order valence-electron chi connectivity index (χ4n) is 5.23. The summed E-state index contributed by atoms with van der Waals surface area (Å²) < 4.78 is 0. The zero-order valence-corrected chi connectivity index (χ0v) is 18.8. The smallest absolute Gasteiger partial charge is 0.255 e. The molecular formula is C22H35Cl2N3O2. The van der Waals surface area contributed by atoms with Gasteiger partial charge in [-0.2, -0.15) is 0 Å². The fourth-order valence-corrected chi connectivity index (χ4v) is 5.23. The molecule has 7 heteroatoms. The van der Waals surface area contributed by atoms with Crippen molar-refractivity contribution in [1.82, 2.24) is 15.1 Å². The first-order valence-corrected chi connectivity index (χ1v) is 10.6. The van der Waals surface area contributed by atoms with E-state index < -0.39 is 5.60 Å². The number of nitrogens with zero attached hydrogens (tertiary/aromatic N) is 2. The lowest BCUT2D eigenvalue weighted by molar-refractivity contribution is -0.159. The topological polar surface area (TPSA) is 55.8 Å². The van der Waals surface area contributed by atoms with E-state index in [-0.39, 0.29) is 30.7 Å². The monoisotopic (exact) mass is 443 g/mol. The summed E-state index contributed by atoms with van der Waals surface area (Å²) in [4.78, 5) is 17.3. The van der Waals surface area contributed by atoms with Crippen molar-refractivity contribution in [2.45, 2.75) is 44.1 Å². The van der Waals surface area contributed by atoms with Crippen molar-refractivity contribution >= 4 is 30.7 Å². The second-order valence-electron chi connectivity index (χ2n) is 8.87. The average molecular weight is 444 g/mol. The van der Waals surface area contributed by atoms with Crippen LogP contribution in [0, 0.1) is 5.41 Å². The van der Waals surface area contributed by atoms with Crippen LogP contribution in [0.2, 0.25) is 0 Å². The van der Waals surface area contributed by atoms with E-state index in [4.69, 9.17) is 0 Å². The van der Waals surface area contributed by atoms with Crippen LogP contribution in [0.4, 0.5) is 0 Å². The number of halogens is 2. The molecule has 0 bridgehead atoms. The van der Waals surface area contributed by atoms with Crippen molar-refractivity contribution in [3.63, 3.8) is 0 Å². The van der Waals surface area contributed by atoms with Crippen LogP contribution in [-0.2, 0) is 11.2 Å². The van der Waals surface area contributed by atoms with Gasteiger partial charge in [-0.3, -0.25) is 9.69 Å². The number of nitrogens with one attached hydrogen (secondary N) is 1. The summed E-state index contributed by atoms with van der Waals surface area (Å²) >= 11 is 0. The molecule has 3 saturated heterocycles. The molecule has 0 radical (unpaired) electrons. The van der Waals surface area contributed by atoms with Crippen LogP contribution >= 0.6 is 24.8 Å². The summed E-state index contributed by atoms with van der Waals surface area (Å²) in [6.07, 6.45) is 5.98. The van der Waals surface area contributed by atoms with E-state index >= 15 is 0 Å². The van der Waals surface area contributed by atoms with Crippen molar-refractivity contribution in [2.75, 3.05) is 45.8 Å². The predicted molar refractivity (Wildman–Crippen MR) is 121 cm³/mol. The van der Waals surface area contributed by atoms with Crippen LogP contribution in [-0.4, -0.2) is 72.2 Å². The molecule has 1 amide bonds. The molecule has 3 aliphatic rings. The molecule has 3 heterocycles. The number of amides is 1. The number of aliphatic hydroxyl groups is 1. The molecule has 1 unspecified atom stereocenters. The van der Waals surface area contributed by atoms with Gasteiger partial charge in [0.05, 0.1) is 0 Å². The molecule has 3 aliphatic heterocycles. The zero-order valence-electron chi connectivity index (χ0n) is 17.1. The molecule has 0 aromatic heterocycles. The van der Waals surface area contributed by atoms with Gasteiger partial charge in [0.25, 0.3) is 5.91 Å². The standard InChI is InChI=1S/C22H33N3O2.2ClH/c26-20-22(27,18-24-16-11-21(17-24)9-12-23-13-10-21)8-4-14-25(20)15-7-19-5-2-1-3-6-19;;/h1-3,5-6,23,27H,4,7-18H2;2*1H. The lowest BCUT2D eigenvalue weighted by atomic mass is 9.78. The van der Waals surface area contributed by atoms with Gasteiger partial charge in [-0.1, -0.05) is 30.3 Å². The summed E-state index contributed by atoms with van der Waals surface area (Å²) in [6, 6.07) is 10.3. The van der Waals surface area contributed by atoms with Gasteiger partial charge >= 0.3 is 0 Å². The molecule has 3 fully saturated rings. The van der Waals surface area contributed by atoms with E-state index in [0.717, 1.165) is 45.6 Å². The van der Waals surface area contributed by atoms with Crippen LogP contribution in [0.5, 0.6) is 0 Å². The average Bonchev–Trinajstić information content (AvgIpc) is 3.06. The first-order valence-electron chi connectivity index (χ1n) is 10.6. The Hall–Kier alpha value is -0.850. The van der Waals surface area contributed by atoms with Gasteiger partial charge in [0.1, 0.15) is 0 Å². The van der Waals surface area contributed by atoms with Gasteiger partial charge in [0.2, 0.25) is 0 Å². The minimum Gasteiger partial charge on any atom is -0.379 e. The Morgan fingerprint density at radius 3 is 2.45 bits per heavy atom. The second-order valence-corrected chi connectivity index (χ2v) is 8.87. The van der Waals surface area contributed by atoms with Gasteiger partial charge in [-0.25, -0.2) is 0 Å². The molecule has 0 saturated carbocycles. The van der Waals surface area contributed by atoms with Crippen LogP contribution in [0.15, 0.2) is 30.3 Å². The number of benzene rings is 1. The number of likely N-dealkylation sites (tertiary alicyclic amines) is 2. The number of piperidine rings is 2. The van der Waals surface area contributed by atoms with Crippen molar-refractivity contribution in [2.24, 2.45) is 5.41 Å². The molecule has 1 atom stereocenters. The Balaban J connectivity index is 0.00000150. The van der Waals surface area contributed by atoms with E-state index in [9.17, 15) is 9.90 Å². The minimum atomic E-state index is -1.20. The molecule has 29 heavy (non-hydrogen) atoms. The largest absolute Gasteiger partial charge is 0.379 e. The minimum absolute atomic E-state index is 0. The Morgan fingerprint density at radius 2 is 1.72 bits per heavy atom. The molecule has 5 nitrogen and oxygen atoms in total. The summed E-state index contributed by atoms with van der Waals surface area (Å²) in [5, 5.41) is 14.7. The highest BCUT2D eigenvalue weighted by atomic mass is 35.5. The summed E-state index contributed by atoms with van der Waals surface area (Å²) in [5.74, 6) is -0.0593. The summed E-state index contributed by atoms with van der Waals surface area (Å²) in [7, 11) is 0. The first-order chi connectivity index (χ1) is 13.1. The lowest BCUT2D eigenvalue weighted by Gasteiger charge is -2.41. The van der Waals surface area contributed by atoms with E-state index in [2.05, 4.69) is 22.3 Å². The number of hydrogen-bond donors (Lipinski definition) is 2. The molecule has 2 N–H and O–H groups in total. The molecular weight excluding hydrogens is 409 g/mol. The quantitative estimate of drug-likeness (QED) is 0.733. The predicted octanol–water partition coefficient (Wildman–Crippen LogP) is 2.50. The second kappa shape index (κ2) is 10.5. The third-order valence-corrected chi connectivity index (χ3v) is 6.88. The third-order valence-electron chi connectivity index (χ3n) is 6.88. The molecule has 0 aliphatic carbocycles. The van der Waals surface area contributed by atoms with Crippen molar-refractivity contribution in [3.8, 4) is 0 Å². The first kappa shape index (κ1) is 24.4. The molecule has 1 aromatic rings. The summed E-state index contributed by atoms with van der Waals surface area (Å²) in [5.41, 5.74) is 0.450. The Kier molecular flexibility index (Phi) is 8.80. The van der Waals surface area contributed by atoms with Gasteiger partial charge in [0, 0.05) is 26.2 Å². The zero-order chi connectivity index (χ0) is 18.7. The Labute approximate surface area is 187 Å². The molecule has 4 rings (SSSR count). The third kappa shape index (κ3) is 5.65. The highest BCUT2D eigenvalue weighted by molar-refractivity contribution is 5.86. The molecule has 1 aromatic carbocycles. The van der Waals surface area contributed by atoms with Crippen LogP contribution < -0.4 is 5.32 Å². The molecule has 164 valence electrons. The lowest BCUT2D eigenvalue weighted by Crippen LogP contribution is -2.58. The maximum absolute atomic E-state index is 13.1. The highest BCUT2D eigenvalue weighted by Crippen LogP contribution is 2.39. The van der Waals surface area contributed by atoms with Gasteiger partial charge < -0.3 is 15.3 Å². The van der Waals surface area contributed by atoms with Gasteiger partial charge in [-0.05, 0) is 69.1 Å². The molecule has 1 spiro atoms. The highest BCUT2D eigenvalue weighted by Gasteiger charge is 2.46. The van der Waals surface area contributed by atoms with Gasteiger partial charge in [0.15, 0.2) is 5.60 Å². The number of rotatable bonds is 5. The Bertz CT molecular complexity index is 655. The van der Waals surface area contributed by atoms with Crippen LogP contribution in [0.25, 0.3) is 0 Å². The van der Waals surface area contributed by atoms with E-state index in [1.807, 2.05) is 23.1 Å². The summed E-state index contributed by atoms with van der Waals surface area (Å²) in [6.45, 7) is 6.22. The van der Waals surface area contributed by atoms with Gasteiger partial charge in [-0.15, -0.1) is 24.8 Å². The Morgan fingerprint density at radius 1 is 1.00 bits per heavy atom. The number of carbonyl (C=O) groups excluding carboxylic acids is 1. The van der Waals surface area contributed by atoms with E-state index in [0.29, 0.717) is 24.9 Å². The van der Waals surface area contributed by atoms with Crippen molar-refractivity contribution in [1.29, 1.82) is 0 Å². The number of β-amino-alcohol motifs (C(OH)–C–C–N with tert-alkyl or cyclic N) is 1. The maximum atomic E-state index is 13.1. The number of hydrogen-bond acceptors (Lipinski definition) is 4. The van der Waals surface area contributed by atoms with Crippen molar-refractivity contribution in [3.05, 3.63) is 35.9 Å². The maximum Gasteiger partial charge on any atom is 0.255 e. The normalized spacial score (nSPS) is 26.8. The SMILES string of the molecule is Cl.Cl.O=C1N(CCc2ccccc2)CCCC1(O)CN1CCC2(CCNCC2)C1. The number of carbonyl (C=O) groups is 1. The van der Waals surface area contributed by atoms with Crippen molar-refractivity contribution < 1.29 is 9.90 Å². The van der Waals surface area contributed by atoms with Crippen LogP contribution in [0.3, 0.4) is 0 Å². The fraction of sp³-hybridized carbons (Fsp3) is 0.682. The van der Waals surface area contributed by atoms with Crippen LogP contribution in [0.1, 0.15) is 37.7 Å². The van der Waals surface area contributed by atoms with E-state index in [1.165, 1.54) is 24.8 Å².